The van der Waals surface area contributed by atoms with Gasteiger partial charge in [-0.05, 0) is 48.4 Å². The van der Waals surface area contributed by atoms with Gasteiger partial charge in [-0.25, -0.2) is 17.8 Å². The zero-order valence-electron chi connectivity index (χ0n) is 16.9. The fraction of sp³-hybridized carbons (Fsp3) is 0.300. The van der Waals surface area contributed by atoms with Gasteiger partial charge in [0.1, 0.15) is 17.4 Å². The Labute approximate surface area is 179 Å². The minimum Gasteiger partial charge on any atom is -0.497 e. The van der Waals surface area contributed by atoms with Crippen LogP contribution in [0.4, 0.5) is 9.52 Å². The number of aromatic nitrogens is 2. The number of halogens is 1. The Balaban J connectivity index is 1.53. The van der Waals surface area contributed by atoms with E-state index in [9.17, 15) is 12.8 Å². The van der Waals surface area contributed by atoms with Crippen LogP contribution in [0.15, 0.2) is 47.4 Å². The van der Waals surface area contributed by atoms with Crippen LogP contribution in [0.3, 0.4) is 0 Å². The smallest absolute Gasteiger partial charge is 0.242 e. The van der Waals surface area contributed by atoms with Crippen molar-refractivity contribution in [1.29, 1.82) is 0 Å². The van der Waals surface area contributed by atoms with E-state index in [1.807, 2.05) is 0 Å². The average Bonchev–Trinajstić information content (AvgIpc) is 3.17. The fourth-order valence-corrected chi connectivity index (χ4v) is 4.55. The van der Waals surface area contributed by atoms with Crippen molar-refractivity contribution in [3.63, 3.8) is 0 Å². The monoisotopic (exact) mass is 450 g/mol. The van der Waals surface area contributed by atoms with E-state index in [-0.39, 0.29) is 17.3 Å². The maximum Gasteiger partial charge on any atom is 0.242 e. The van der Waals surface area contributed by atoms with Crippen LogP contribution in [0.2, 0.25) is 0 Å². The van der Waals surface area contributed by atoms with Crippen LogP contribution in [-0.4, -0.2) is 49.3 Å². The highest BCUT2D eigenvalue weighted by atomic mass is 32.2. The SMILES string of the molecule is COc1ccc(S(=O)(=O)N(C)CCNc2nc(Cc3ccc(F)c(C)c3)ns2)cc1. The third-order valence-electron chi connectivity index (χ3n) is 4.52. The quantitative estimate of drug-likeness (QED) is 0.538. The van der Waals surface area contributed by atoms with Crippen LogP contribution >= 0.6 is 11.5 Å². The van der Waals surface area contributed by atoms with Crippen LogP contribution in [0.1, 0.15) is 17.0 Å². The number of nitrogens with zero attached hydrogens (tertiary/aromatic N) is 3. The predicted molar refractivity (Wildman–Crippen MR) is 115 cm³/mol. The third kappa shape index (κ3) is 5.32. The van der Waals surface area contributed by atoms with Gasteiger partial charge in [-0.3, -0.25) is 0 Å². The average molecular weight is 451 g/mol. The Morgan fingerprint density at radius 2 is 1.93 bits per heavy atom. The number of benzene rings is 2. The van der Waals surface area contributed by atoms with Gasteiger partial charge in [0.2, 0.25) is 15.2 Å². The van der Waals surface area contributed by atoms with Crippen molar-refractivity contribution in [2.24, 2.45) is 0 Å². The first-order valence-corrected chi connectivity index (χ1v) is 11.4. The van der Waals surface area contributed by atoms with Crippen molar-refractivity contribution >= 4 is 26.7 Å². The van der Waals surface area contributed by atoms with Crippen LogP contribution in [0, 0.1) is 12.7 Å². The second-order valence-corrected chi connectivity index (χ2v) is 9.50. The van der Waals surface area contributed by atoms with Crippen molar-refractivity contribution in [2.75, 3.05) is 32.6 Å². The van der Waals surface area contributed by atoms with Gasteiger partial charge in [-0.1, -0.05) is 12.1 Å². The molecule has 1 aromatic heterocycles. The number of likely N-dealkylation sites (N-methyl/N-ethyl adjacent to an activating group) is 1. The zero-order valence-corrected chi connectivity index (χ0v) is 18.6. The van der Waals surface area contributed by atoms with Crippen molar-refractivity contribution in [3.05, 3.63) is 65.2 Å². The van der Waals surface area contributed by atoms with E-state index in [1.165, 1.54) is 48.2 Å². The van der Waals surface area contributed by atoms with Crippen LogP contribution in [0.25, 0.3) is 0 Å². The molecule has 0 radical (unpaired) electrons. The highest BCUT2D eigenvalue weighted by Gasteiger charge is 2.20. The lowest BCUT2D eigenvalue weighted by atomic mass is 10.1. The number of ether oxygens (including phenoxy) is 1. The lowest BCUT2D eigenvalue weighted by Crippen LogP contribution is -2.31. The van der Waals surface area contributed by atoms with Crippen molar-refractivity contribution in [2.45, 2.75) is 18.2 Å². The van der Waals surface area contributed by atoms with E-state index in [1.54, 1.807) is 31.2 Å². The summed E-state index contributed by atoms with van der Waals surface area (Å²) in [6.45, 7) is 2.37. The molecule has 0 unspecified atom stereocenters. The molecule has 0 atom stereocenters. The highest BCUT2D eigenvalue weighted by Crippen LogP contribution is 2.19. The molecule has 0 saturated heterocycles. The molecule has 30 heavy (non-hydrogen) atoms. The number of sulfonamides is 1. The Bertz CT molecular complexity index is 1100. The van der Waals surface area contributed by atoms with Gasteiger partial charge in [0.05, 0.1) is 12.0 Å². The van der Waals surface area contributed by atoms with Crippen molar-refractivity contribution in [1.82, 2.24) is 13.7 Å². The second-order valence-electron chi connectivity index (χ2n) is 6.70. The first-order valence-electron chi connectivity index (χ1n) is 9.21. The van der Waals surface area contributed by atoms with Crippen LogP contribution in [-0.2, 0) is 16.4 Å². The molecule has 0 fully saturated rings. The molecule has 1 heterocycles. The molecule has 0 aliphatic carbocycles. The molecule has 0 spiro atoms. The number of aryl methyl sites for hydroxylation is 1. The summed E-state index contributed by atoms with van der Waals surface area (Å²) in [5, 5.41) is 3.71. The van der Waals surface area contributed by atoms with Gasteiger partial charge in [-0.15, -0.1) is 0 Å². The number of hydrogen-bond donors (Lipinski definition) is 1. The van der Waals surface area contributed by atoms with Crippen LogP contribution < -0.4 is 10.1 Å². The Kier molecular flexibility index (Phi) is 7.01. The van der Waals surface area contributed by atoms with E-state index in [4.69, 9.17) is 4.74 Å². The van der Waals surface area contributed by atoms with Gasteiger partial charge in [0.15, 0.2) is 0 Å². The first-order chi connectivity index (χ1) is 14.3. The third-order valence-corrected chi connectivity index (χ3v) is 7.10. The lowest BCUT2D eigenvalue weighted by molar-refractivity contribution is 0.414. The van der Waals surface area contributed by atoms with E-state index in [0.29, 0.717) is 35.2 Å². The molecule has 0 saturated carbocycles. The summed E-state index contributed by atoms with van der Waals surface area (Å²) in [7, 11) is -0.527. The van der Waals surface area contributed by atoms with E-state index in [0.717, 1.165) is 5.56 Å². The summed E-state index contributed by atoms with van der Waals surface area (Å²) in [4.78, 5) is 4.62. The maximum absolute atomic E-state index is 13.4. The predicted octanol–water partition coefficient (Wildman–Crippen LogP) is 3.32. The van der Waals surface area contributed by atoms with Crippen LogP contribution in [0.5, 0.6) is 5.75 Å². The van der Waals surface area contributed by atoms with Gasteiger partial charge < -0.3 is 10.1 Å². The molecule has 160 valence electrons. The maximum atomic E-state index is 13.4. The minimum absolute atomic E-state index is 0.207. The van der Waals surface area contributed by atoms with E-state index < -0.39 is 10.0 Å². The number of anilines is 1. The number of nitrogens with one attached hydrogen (secondary N) is 1. The molecule has 10 heteroatoms. The second kappa shape index (κ2) is 9.50. The zero-order chi connectivity index (χ0) is 21.7. The molecule has 0 aliphatic rings. The number of methoxy groups -OCH3 is 1. The molecular weight excluding hydrogens is 427 g/mol. The summed E-state index contributed by atoms with van der Waals surface area (Å²) in [6, 6.07) is 11.2. The van der Waals surface area contributed by atoms with Gasteiger partial charge in [-0.2, -0.15) is 8.68 Å². The summed E-state index contributed by atoms with van der Waals surface area (Å²) < 4.78 is 49.3. The fourth-order valence-electron chi connectivity index (χ4n) is 2.76. The minimum atomic E-state index is -3.59. The Hall–Kier alpha value is -2.56. The Morgan fingerprint density at radius 3 is 2.60 bits per heavy atom. The normalized spacial score (nSPS) is 11.6. The standard InChI is InChI=1S/C20H23FN4O3S2/c1-14-12-15(4-9-18(14)21)13-19-23-20(29-24-19)22-10-11-25(2)30(26,27)17-7-5-16(28-3)6-8-17/h4-9,12H,10-11,13H2,1-3H3,(H,22,23,24). The topological polar surface area (TPSA) is 84.4 Å². The summed E-state index contributed by atoms with van der Waals surface area (Å²) in [5.41, 5.74) is 1.52. The van der Waals surface area contributed by atoms with Gasteiger partial charge >= 0.3 is 0 Å². The molecule has 3 rings (SSSR count). The molecule has 0 bridgehead atoms. The molecule has 0 aliphatic heterocycles. The molecule has 7 nitrogen and oxygen atoms in total. The number of rotatable bonds is 9. The van der Waals surface area contributed by atoms with Crippen molar-refractivity contribution < 1.29 is 17.5 Å². The van der Waals surface area contributed by atoms with E-state index >= 15 is 0 Å². The largest absolute Gasteiger partial charge is 0.497 e. The molecule has 2 aromatic carbocycles. The summed E-state index contributed by atoms with van der Waals surface area (Å²) in [6.07, 6.45) is 0.505. The van der Waals surface area contributed by atoms with Gasteiger partial charge in [0, 0.05) is 38.1 Å². The molecular formula is C20H23FN4O3S2. The Morgan fingerprint density at radius 1 is 1.20 bits per heavy atom. The molecule has 0 amide bonds. The summed E-state index contributed by atoms with van der Waals surface area (Å²) in [5.74, 6) is 0.995. The number of hydrogen-bond acceptors (Lipinski definition) is 7. The van der Waals surface area contributed by atoms with Crippen molar-refractivity contribution in [3.8, 4) is 5.75 Å². The molecule has 1 N–H and O–H groups in total. The highest BCUT2D eigenvalue weighted by molar-refractivity contribution is 7.89. The lowest BCUT2D eigenvalue weighted by Gasteiger charge is -2.17. The first kappa shape index (κ1) is 22.1. The van der Waals surface area contributed by atoms with Gasteiger partial charge in [0.25, 0.3) is 0 Å². The van der Waals surface area contributed by atoms with E-state index in [2.05, 4.69) is 14.7 Å². The molecule has 3 aromatic rings. The summed E-state index contributed by atoms with van der Waals surface area (Å²) >= 11 is 1.21.